The number of hydrogen-bond donors (Lipinski definition) is 3. The van der Waals surface area contributed by atoms with Crippen molar-refractivity contribution in [2.45, 2.75) is 13.0 Å². The molecule has 1 aliphatic heterocycles. The summed E-state index contributed by atoms with van der Waals surface area (Å²) in [5.41, 5.74) is 7.07. The Hall–Kier alpha value is -2.21. The van der Waals surface area contributed by atoms with Gasteiger partial charge in [0.2, 0.25) is 0 Å². The van der Waals surface area contributed by atoms with E-state index in [0.29, 0.717) is 22.3 Å². The SMILES string of the molecule is O=C(Nc1ccc(Cl)c(Cl)c1)NN1CCc2c([nH]c3ccccc23)C1. The summed E-state index contributed by atoms with van der Waals surface area (Å²) >= 11 is 11.8. The van der Waals surface area contributed by atoms with Crippen LogP contribution in [0.2, 0.25) is 10.0 Å². The van der Waals surface area contributed by atoms with Crippen molar-refractivity contribution < 1.29 is 4.79 Å². The van der Waals surface area contributed by atoms with Gasteiger partial charge in [-0.1, -0.05) is 41.4 Å². The molecule has 1 aromatic heterocycles. The number of hydrogen-bond acceptors (Lipinski definition) is 2. The molecule has 0 spiro atoms. The van der Waals surface area contributed by atoms with Crippen LogP contribution in [0.5, 0.6) is 0 Å². The minimum atomic E-state index is -0.307. The number of aromatic nitrogens is 1. The Bertz CT molecular complexity index is 953. The molecule has 7 heteroatoms. The van der Waals surface area contributed by atoms with Crippen molar-refractivity contribution in [3.63, 3.8) is 0 Å². The maximum Gasteiger partial charge on any atom is 0.333 e. The molecule has 2 heterocycles. The van der Waals surface area contributed by atoms with Crippen LogP contribution in [0, 0.1) is 0 Å². The second-order valence-corrected chi connectivity index (χ2v) is 6.81. The molecule has 0 saturated heterocycles. The molecule has 2 aromatic carbocycles. The number of H-pyrrole nitrogens is 1. The van der Waals surface area contributed by atoms with Gasteiger partial charge in [0.15, 0.2) is 0 Å². The van der Waals surface area contributed by atoms with Crippen molar-refractivity contribution in [2.24, 2.45) is 0 Å². The topological polar surface area (TPSA) is 60.2 Å². The number of aromatic amines is 1. The van der Waals surface area contributed by atoms with Gasteiger partial charge in [0.1, 0.15) is 0 Å². The smallest absolute Gasteiger partial charge is 0.333 e. The highest BCUT2D eigenvalue weighted by atomic mass is 35.5. The Morgan fingerprint density at radius 1 is 1.12 bits per heavy atom. The minimum absolute atomic E-state index is 0.307. The van der Waals surface area contributed by atoms with Crippen LogP contribution < -0.4 is 10.7 Å². The van der Waals surface area contributed by atoms with Crippen LogP contribution in [0.4, 0.5) is 10.5 Å². The van der Waals surface area contributed by atoms with Crippen LogP contribution in [0.15, 0.2) is 42.5 Å². The number of carbonyl (C=O) groups excluding carboxylic acids is 1. The molecule has 0 atom stereocenters. The van der Waals surface area contributed by atoms with E-state index >= 15 is 0 Å². The van der Waals surface area contributed by atoms with Gasteiger partial charge in [-0.05, 0) is 36.2 Å². The largest absolute Gasteiger partial charge is 0.357 e. The quantitative estimate of drug-likeness (QED) is 0.615. The van der Waals surface area contributed by atoms with Gasteiger partial charge < -0.3 is 10.3 Å². The highest BCUT2D eigenvalue weighted by Gasteiger charge is 2.21. The fourth-order valence-corrected chi connectivity index (χ4v) is 3.46. The average Bonchev–Trinajstić information content (AvgIpc) is 2.96. The number of carbonyl (C=O) groups is 1. The van der Waals surface area contributed by atoms with E-state index in [2.05, 4.69) is 27.9 Å². The number of rotatable bonds is 2. The summed E-state index contributed by atoms with van der Waals surface area (Å²) in [6, 6.07) is 12.9. The molecular formula is C18H16Cl2N4O. The zero-order valence-electron chi connectivity index (χ0n) is 13.3. The van der Waals surface area contributed by atoms with E-state index in [1.165, 1.54) is 10.9 Å². The molecule has 2 amide bonds. The first kappa shape index (κ1) is 16.3. The average molecular weight is 375 g/mol. The van der Waals surface area contributed by atoms with Crippen molar-refractivity contribution >= 4 is 45.8 Å². The molecule has 5 nitrogen and oxygen atoms in total. The molecular weight excluding hydrogens is 359 g/mol. The molecule has 0 fully saturated rings. The van der Waals surface area contributed by atoms with E-state index < -0.39 is 0 Å². The third kappa shape index (κ3) is 3.31. The molecule has 25 heavy (non-hydrogen) atoms. The van der Waals surface area contributed by atoms with Crippen molar-refractivity contribution in [3.8, 4) is 0 Å². The number of hydrazine groups is 1. The third-order valence-corrected chi connectivity index (χ3v) is 5.06. The summed E-state index contributed by atoms with van der Waals surface area (Å²) in [5.74, 6) is 0. The number of nitrogens with zero attached hydrogens (tertiary/aromatic N) is 1. The number of halogens is 2. The number of urea groups is 1. The van der Waals surface area contributed by atoms with Crippen molar-refractivity contribution in [1.29, 1.82) is 0 Å². The van der Waals surface area contributed by atoms with Crippen LogP contribution in [0.1, 0.15) is 11.3 Å². The number of anilines is 1. The van der Waals surface area contributed by atoms with E-state index in [-0.39, 0.29) is 6.03 Å². The second kappa shape index (κ2) is 6.59. The third-order valence-electron chi connectivity index (χ3n) is 4.32. The van der Waals surface area contributed by atoms with E-state index in [1.54, 1.807) is 18.2 Å². The molecule has 0 aliphatic carbocycles. The molecule has 0 radical (unpaired) electrons. The maximum atomic E-state index is 12.2. The van der Waals surface area contributed by atoms with Crippen LogP contribution in [-0.4, -0.2) is 22.6 Å². The lowest BCUT2D eigenvalue weighted by Crippen LogP contribution is -2.46. The summed E-state index contributed by atoms with van der Waals surface area (Å²) < 4.78 is 0. The van der Waals surface area contributed by atoms with Crippen LogP contribution >= 0.6 is 23.2 Å². The van der Waals surface area contributed by atoms with Crippen molar-refractivity contribution in [2.75, 3.05) is 11.9 Å². The molecule has 0 saturated carbocycles. The van der Waals surface area contributed by atoms with E-state index in [0.717, 1.165) is 24.2 Å². The van der Waals surface area contributed by atoms with Gasteiger partial charge in [0.05, 0.1) is 16.6 Å². The second-order valence-electron chi connectivity index (χ2n) is 5.99. The zero-order valence-corrected chi connectivity index (χ0v) is 14.8. The Labute approximate surface area is 154 Å². The summed E-state index contributed by atoms with van der Waals surface area (Å²) in [6.07, 6.45) is 0.881. The number of benzene rings is 2. The van der Waals surface area contributed by atoms with Gasteiger partial charge in [0, 0.05) is 28.8 Å². The summed E-state index contributed by atoms with van der Waals surface area (Å²) in [5, 5.41) is 6.77. The number of amides is 2. The Morgan fingerprint density at radius 2 is 1.96 bits per heavy atom. The fraction of sp³-hybridized carbons (Fsp3) is 0.167. The predicted octanol–water partition coefficient (Wildman–Crippen LogP) is 4.57. The first-order chi connectivity index (χ1) is 12.1. The maximum absolute atomic E-state index is 12.2. The van der Waals surface area contributed by atoms with Crippen LogP contribution in [0.25, 0.3) is 10.9 Å². The monoisotopic (exact) mass is 374 g/mol. The highest BCUT2D eigenvalue weighted by Crippen LogP contribution is 2.27. The van der Waals surface area contributed by atoms with E-state index in [4.69, 9.17) is 23.2 Å². The van der Waals surface area contributed by atoms with Gasteiger partial charge in [-0.25, -0.2) is 9.80 Å². The van der Waals surface area contributed by atoms with Gasteiger partial charge in [-0.2, -0.15) is 0 Å². The van der Waals surface area contributed by atoms with Gasteiger partial charge >= 0.3 is 6.03 Å². The molecule has 3 N–H and O–H groups in total. The molecule has 0 bridgehead atoms. The molecule has 128 valence electrons. The molecule has 0 unspecified atom stereocenters. The van der Waals surface area contributed by atoms with Crippen molar-refractivity contribution in [3.05, 3.63) is 63.8 Å². The summed E-state index contributed by atoms with van der Waals surface area (Å²) in [7, 11) is 0. The first-order valence-corrected chi connectivity index (χ1v) is 8.72. The van der Waals surface area contributed by atoms with E-state index in [1.807, 2.05) is 17.1 Å². The summed E-state index contributed by atoms with van der Waals surface area (Å²) in [4.78, 5) is 15.6. The minimum Gasteiger partial charge on any atom is -0.357 e. The number of nitrogens with one attached hydrogen (secondary N) is 3. The Kier molecular flexibility index (Phi) is 4.29. The molecule has 4 rings (SSSR count). The van der Waals surface area contributed by atoms with Gasteiger partial charge in [0.25, 0.3) is 0 Å². The normalized spacial score (nSPS) is 14.3. The number of fused-ring (bicyclic) bond motifs is 3. The van der Waals surface area contributed by atoms with Gasteiger partial charge in [-0.15, -0.1) is 0 Å². The summed E-state index contributed by atoms with van der Waals surface area (Å²) in [6.45, 7) is 1.39. The Morgan fingerprint density at radius 3 is 2.80 bits per heavy atom. The first-order valence-electron chi connectivity index (χ1n) is 7.96. The zero-order chi connectivity index (χ0) is 17.4. The van der Waals surface area contributed by atoms with Crippen LogP contribution in [0.3, 0.4) is 0 Å². The lowest BCUT2D eigenvalue weighted by molar-refractivity contribution is 0.172. The fourth-order valence-electron chi connectivity index (χ4n) is 3.16. The highest BCUT2D eigenvalue weighted by molar-refractivity contribution is 6.42. The Balaban J connectivity index is 1.43. The lowest BCUT2D eigenvalue weighted by atomic mass is 10.0. The molecule has 3 aromatic rings. The number of para-hydroxylation sites is 1. The van der Waals surface area contributed by atoms with E-state index in [9.17, 15) is 4.79 Å². The standard InChI is InChI=1S/C18H16Cl2N4O/c19-14-6-5-11(9-15(14)20)21-18(25)23-24-8-7-13-12-3-1-2-4-16(12)22-17(13)10-24/h1-6,9,22H,7-8,10H2,(H2,21,23,25). The molecule has 1 aliphatic rings. The van der Waals surface area contributed by atoms with Gasteiger partial charge in [-0.3, -0.25) is 5.43 Å². The lowest BCUT2D eigenvalue weighted by Gasteiger charge is -2.27. The van der Waals surface area contributed by atoms with Crippen molar-refractivity contribution in [1.82, 2.24) is 15.4 Å². The predicted molar refractivity (Wildman–Crippen MR) is 101 cm³/mol. The van der Waals surface area contributed by atoms with Crippen LogP contribution in [-0.2, 0) is 13.0 Å².